The standard InChI is InChI=1S/C20H20O/c1-12-11-13(2)19(14(12)3)18-10-9-16-7-5-6-8-17(16)20(18)15(4)21/h5-11,14H,1-4H3. The molecule has 2 aromatic carbocycles. The van der Waals surface area contributed by atoms with Gasteiger partial charge in [0.15, 0.2) is 5.78 Å². The van der Waals surface area contributed by atoms with Gasteiger partial charge in [-0.05, 0) is 48.3 Å². The number of rotatable bonds is 2. The van der Waals surface area contributed by atoms with E-state index in [0.717, 1.165) is 21.9 Å². The lowest BCUT2D eigenvalue weighted by molar-refractivity contribution is 0.101. The molecule has 0 spiro atoms. The van der Waals surface area contributed by atoms with E-state index in [1.807, 2.05) is 18.2 Å². The third kappa shape index (κ3) is 2.13. The lowest BCUT2D eigenvalue weighted by Crippen LogP contribution is -2.05. The van der Waals surface area contributed by atoms with Crippen molar-refractivity contribution in [3.8, 4) is 0 Å². The van der Waals surface area contributed by atoms with Gasteiger partial charge in [-0.3, -0.25) is 4.79 Å². The Morgan fingerprint density at radius 2 is 1.76 bits per heavy atom. The average Bonchev–Trinajstić information content (AvgIpc) is 2.70. The van der Waals surface area contributed by atoms with Crippen molar-refractivity contribution in [2.24, 2.45) is 5.92 Å². The van der Waals surface area contributed by atoms with Gasteiger partial charge in [-0.1, -0.05) is 55.0 Å². The Hall–Kier alpha value is -2.15. The molecule has 0 saturated carbocycles. The summed E-state index contributed by atoms with van der Waals surface area (Å²) in [5.41, 5.74) is 5.89. The van der Waals surface area contributed by atoms with Crippen molar-refractivity contribution in [2.75, 3.05) is 0 Å². The first-order valence-electron chi connectivity index (χ1n) is 7.42. The number of fused-ring (bicyclic) bond motifs is 1. The highest BCUT2D eigenvalue weighted by molar-refractivity contribution is 6.11. The molecule has 1 nitrogen and oxygen atoms in total. The molecule has 2 aromatic rings. The molecule has 21 heavy (non-hydrogen) atoms. The van der Waals surface area contributed by atoms with E-state index in [-0.39, 0.29) is 5.78 Å². The predicted molar refractivity (Wildman–Crippen MR) is 89.5 cm³/mol. The second kappa shape index (κ2) is 5.00. The number of benzene rings is 2. The van der Waals surface area contributed by atoms with E-state index in [0.29, 0.717) is 5.92 Å². The highest BCUT2D eigenvalue weighted by Crippen LogP contribution is 2.41. The van der Waals surface area contributed by atoms with E-state index in [1.54, 1.807) is 6.92 Å². The van der Waals surface area contributed by atoms with Gasteiger partial charge in [0.05, 0.1) is 0 Å². The Bertz CT molecular complexity index is 806. The van der Waals surface area contributed by atoms with Crippen molar-refractivity contribution < 1.29 is 4.79 Å². The van der Waals surface area contributed by atoms with Gasteiger partial charge in [0, 0.05) is 11.5 Å². The number of hydrogen-bond acceptors (Lipinski definition) is 1. The molecule has 0 bridgehead atoms. The first kappa shape index (κ1) is 13.8. The molecule has 1 heteroatoms. The lowest BCUT2D eigenvalue weighted by atomic mass is 9.85. The van der Waals surface area contributed by atoms with E-state index in [9.17, 15) is 4.79 Å². The van der Waals surface area contributed by atoms with Gasteiger partial charge >= 0.3 is 0 Å². The minimum absolute atomic E-state index is 0.138. The van der Waals surface area contributed by atoms with Crippen LogP contribution < -0.4 is 0 Å². The normalized spacial score (nSPS) is 18.3. The molecule has 0 aromatic heterocycles. The zero-order valence-electron chi connectivity index (χ0n) is 13.0. The fourth-order valence-electron chi connectivity index (χ4n) is 3.43. The number of carbonyl (C=O) groups is 1. The Morgan fingerprint density at radius 1 is 1.05 bits per heavy atom. The number of Topliss-reactive ketones (excluding diaryl/α,β-unsaturated/α-hetero) is 1. The molecule has 0 radical (unpaired) electrons. The average molecular weight is 276 g/mol. The quantitative estimate of drug-likeness (QED) is 0.670. The van der Waals surface area contributed by atoms with E-state index in [2.05, 4.69) is 45.0 Å². The van der Waals surface area contributed by atoms with Crippen LogP contribution in [0.1, 0.15) is 43.6 Å². The maximum Gasteiger partial charge on any atom is 0.161 e. The predicted octanol–water partition coefficient (Wildman–Crippen LogP) is 5.41. The lowest BCUT2D eigenvalue weighted by Gasteiger charge is -2.18. The number of hydrogen-bond donors (Lipinski definition) is 0. The van der Waals surface area contributed by atoms with Crippen LogP contribution in [0.5, 0.6) is 0 Å². The second-order valence-corrected chi connectivity index (χ2v) is 5.97. The zero-order valence-corrected chi connectivity index (χ0v) is 13.0. The van der Waals surface area contributed by atoms with Gasteiger partial charge in [0.25, 0.3) is 0 Å². The molecule has 1 aliphatic rings. The van der Waals surface area contributed by atoms with Crippen molar-refractivity contribution in [3.63, 3.8) is 0 Å². The third-order valence-corrected chi connectivity index (χ3v) is 4.56. The molecule has 0 heterocycles. The van der Waals surface area contributed by atoms with Crippen LogP contribution in [-0.2, 0) is 0 Å². The summed E-state index contributed by atoms with van der Waals surface area (Å²) in [7, 11) is 0. The molecule has 0 aliphatic heterocycles. The van der Waals surface area contributed by atoms with Gasteiger partial charge < -0.3 is 0 Å². The van der Waals surface area contributed by atoms with Crippen LogP contribution in [0, 0.1) is 5.92 Å². The topological polar surface area (TPSA) is 17.1 Å². The van der Waals surface area contributed by atoms with Crippen LogP contribution in [-0.4, -0.2) is 5.78 Å². The highest BCUT2D eigenvalue weighted by Gasteiger charge is 2.24. The van der Waals surface area contributed by atoms with Gasteiger partial charge in [0.1, 0.15) is 0 Å². The zero-order chi connectivity index (χ0) is 15.1. The minimum atomic E-state index is 0.138. The first-order valence-corrected chi connectivity index (χ1v) is 7.42. The third-order valence-electron chi connectivity index (χ3n) is 4.56. The van der Waals surface area contributed by atoms with Crippen molar-refractivity contribution in [1.82, 2.24) is 0 Å². The molecule has 1 atom stereocenters. The van der Waals surface area contributed by atoms with E-state index in [4.69, 9.17) is 0 Å². The number of carbonyl (C=O) groups excluding carboxylic acids is 1. The number of allylic oxidation sites excluding steroid dienone is 4. The van der Waals surface area contributed by atoms with Crippen molar-refractivity contribution in [2.45, 2.75) is 27.7 Å². The first-order chi connectivity index (χ1) is 10.0. The summed E-state index contributed by atoms with van der Waals surface area (Å²) >= 11 is 0. The summed E-state index contributed by atoms with van der Waals surface area (Å²) < 4.78 is 0. The molecule has 3 rings (SSSR count). The molecule has 1 aliphatic carbocycles. The Morgan fingerprint density at radius 3 is 2.38 bits per heavy atom. The van der Waals surface area contributed by atoms with Crippen molar-refractivity contribution >= 4 is 22.1 Å². The Labute approximate surface area is 126 Å². The summed E-state index contributed by atoms with van der Waals surface area (Å²) in [6.07, 6.45) is 2.24. The van der Waals surface area contributed by atoms with E-state index < -0.39 is 0 Å². The summed E-state index contributed by atoms with van der Waals surface area (Å²) in [4.78, 5) is 12.3. The fourth-order valence-corrected chi connectivity index (χ4v) is 3.43. The van der Waals surface area contributed by atoms with Gasteiger partial charge in [-0.15, -0.1) is 0 Å². The maximum absolute atomic E-state index is 12.3. The van der Waals surface area contributed by atoms with Gasteiger partial charge in [0.2, 0.25) is 0 Å². The SMILES string of the molecule is CC(=O)c1c(C2=C(C)C=C(C)C2C)ccc2ccccc12. The summed E-state index contributed by atoms with van der Waals surface area (Å²) in [6.45, 7) is 8.19. The van der Waals surface area contributed by atoms with Gasteiger partial charge in [-0.2, -0.15) is 0 Å². The summed E-state index contributed by atoms with van der Waals surface area (Å²) in [5, 5.41) is 2.18. The van der Waals surface area contributed by atoms with Gasteiger partial charge in [-0.25, -0.2) is 0 Å². The summed E-state index contributed by atoms with van der Waals surface area (Å²) in [5.74, 6) is 0.517. The summed E-state index contributed by atoms with van der Waals surface area (Å²) in [6, 6.07) is 12.4. The van der Waals surface area contributed by atoms with Crippen LogP contribution in [0.3, 0.4) is 0 Å². The molecule has 0 fully saturated rings. The van der Waals surface area contributed by atoms with Crippen molar-refractivity contribution in [1.29, 1.82) is 0 Å². The molecular formula is C20H20O. The van der Waals surface area contributed by atoms with Crippen LogP contribution in [0.4, 0.5) is 0 Å². The fraction of sp³-hybridized carbons (Fsp3) is 0.250. The number of ketones is 1. The van der Waals surface area contributed by atoms with E-state index >= 15 is 0 Å². The molecule has 0 saturated heterocycles. The monoisotopic (exact) mass is 276 g/mol. The Kier molecular flexibility index (Phi) is 3.29. The largest absolute Gasteiger partial charge is 0.294 e. The van der Waals surface area contributed by atoms with Crippen LogP contribution >= 0.6 is 0 Å². The minimum Gasteiger partial charge on any atom is -0.294 e. The molecular weight excluding hydrogens is 256 g/mol. The van der Waals surface area contributed by atoms with Crippen molar-refractivity contribution in [3.05, 3.63) is 64.7 Å². The molecule has 0 amide bonds. The molecule has 0 N–H and O–H groups in total. The van der Waals surface area contributed by atoms with Crippen LogP contribution in [0.2, 0.25) is 0 Å². The van der Waals surface area contributed by atoms with E-state index in [1.165, 1.54) is 16.7 Å². The molecule has 106 valence electrons. The van der Waals surface area contributed by atoms with Crippen LogP contribution in [0.15, 0.2) is 53.6 Å². The smallest absolute Gasteiger partial charge is 0.161 e. The highest BCUT2D eigenvalue weighted by atomic mass is 16.1. The maximum atomic E-state index is 12.3. The second-order valence-electron chi connectivity index (χ2n) is 5.97. The molecule has 1 unspecified atom stereocenters. The Balaban J connectivity index is 2.32. The van der Waals surface area contributed by atoms with Crippen LogP contribution in [0.25, 0.3) is 16.3 Å².